The molecule has 0 saturated carbocycles. The predicted octanol–water partition coefficient (Wildman–Crippen LogP) is 3.15. The van der Waals surface area contributed by atoms with Gasteiger partial charge >= 0.3 is 0 Å². The van der Waals surface area contributed by atoms with Crippen LogP contribution in [0.1, 0.15) is 17.1 Å². The molecular formula is C13H15N3. The molecule has 16 heavy (non-hydrogen) atoms. The van der Waals surface area contributed by atoms with Gasteiger partial charge in [-0.05, 0) is 32.4 Å². The second kappa shape index (κ2) is 4.31. The van der Waals surface area contributed by atoms with Gasteiger partial charge < -0.3 is 5.32 Å². The van der Waals surface area contributed by atoms with Gasteiger partial charge in [0, 0.05) is 17.4 Å². The molecule has 3 heteroatoms. The van der Waals surface area contributed by atoms with Crippen molar-refractivity contribution >= 4 is 11.5 Å². The monoisotopic (exact) mass is 213 g/mol. The Morgan fingerprint density at radius 3 is 2.44 bits per heavy atom. The van der Waals surface area contributed by atoms with Crippen molar-refractivity contribution in [3.05, 3.63) is 47.4 Å². The highest BCUT2D eigenvalue weighted by Crippen LogP contribution is 2.18. The maximum absolute atomic E-state index is 4.35. The van der Waals surface area contributed by atoms with Crippen LogP contribution in [-0.2, 0) is 0 Å². The summed E-state index contributed by atoms with van der Waals surface area (Å²) in [7, 11) is 0. The molecule has 0 bridgehead atoms. The fourth-order valence-corrected chi connectivity index (χ4v) is 1.63. The zero-order chi connectivity index (χ0) is 11.5. The van der Waals surface area contributed by atoms with E-state index >= 15 is 0 Å². The molecular weight excluding hydrogens is 198 g/mol. The van der Waals surface area contributed by atoms with Crippen molar-refractivity contribution < 1.29 is 0 Å². The molecule has 1 N–H and O–H groups in total. The Morgan fingerprint density at radius 1 is 1.00 bits per heavy atom. The molecule has 1 aromatic carbocycles. The molecule has 2 aromatic rings. The smallest absolute Gasteiger partial charge is 0.134 e. The van der Waals surface area contributed by atoms with E-state index in [0.717, 1.165) is 23.0 Å². The van der Waals surface area contributed by atoms with Crippen LogP contribution in [0.4, 0.5) is 11.5 Å². The average molecular weight is 213 g/mol. The average Bonchev–Trinajstić information content (AvgIpc) is 2.20. The Hall–Kier alpha value is -1.90. The standard InChI is InChI=1S/C13H15N3/c1-9-6-4-5-7-12(9)16-13-8-10(2)14-11(3)15-13/h4-8H,1-3H3,(H,14,15,16). The molecule has 0 amide bonds. The molecule has 1 aromatic heterocycles. The summed E-state index contributed by atoms with van der Waals surface area (Å²) in [6.45, 7) is 5.94. The van der Waals surface area contributed by atoms with Gasteiger partial charge in [0.05, 0.1) is 0 Å². The molecule has 0 fully saturated rings. The van der Waals surface area contributed by atoms with Crippen LogP contribution in [-0.4, -0.2) is 9.97 Å². The Labute approximate surface area is 95.6 Å². The Balaban J connectivity index is 2.30. The van der Waals surface area contributed by atoms with Crippen LogP contribution in [0, 0.1) is 20.8 Å². The Morgan fingerprint density at radius 2 is 1.75 bits per heavy atom. The van der Waals surface area contributed by atoms with Crippen LogP contribution in [0.15, 0.2) is 30.3 Å². The van der Waals surface area contributed by atoms with E-state index in [1.165, 1.54) is 5.56 Å². The maximum Gasteiger partial charge on any atom is 0.134 e. The van der Waals surface area contributed by atoms with E-state index in [9.17, 15) is 0 Å². The summed E-state index contributed by atoms with van der Waals surface area (Å²) >= 11 is 0. The minimum atomic E-state index is 0.788. The predicted molar refractivity (Wildman–Crippen MR) is 66.0 cm³/mol. The molecule has 1 heterocycles. The largest absolute Gasteiger partial charge is 0.340 e. The number of para-hydroxylation sites is 1. The third-order valence-corrected chi connectivity index (χ3v) is 2.37. The van der Waals surface area contributed by atoms with Crippen LogP contribution < -0.4 is 5.32 Å². The van der Waals surface area contributed by atoms with Crippen LogP contribution in [0.5, 0.6) is 0 Å². The van der Waals surface area contributed by atoms with Gasteiger partial charge in [0.25, 0.3) is 0 Å². The van der Waals surface area contributed by atoms with Gasteiger partial charge in [0.2, 0.25) is 0 Å². The summed E-state index contributed by atoms with van der Waals surface area (Å²) in [6, 6.07) is 10.1. The number of aromatic nitrogens is 2. The first kappa shape index (κ1) is 10.6. The van der Waals surface area contributed by atoms with Gasteiger partial charge in [-0.25, -0.2) is 9.97 Å². The van der Waals surface area contributed by atoms with Gasteiger partial charge in [-0.2, -0.15) is 0 Å². The van der Waals surface area contributed by atoms with Gasteiger partial charge in [-0.3, -0.25) is 0 Å². The fourth-order valence-electron chi connectivity index (χ4n) is 1.63. The molecule has 82 valence electrons. The third-order valence-electron chi connectivity index (χ3n) is 2.37. The summed E-state index contributed by atoms with van der Waals surface area (Å²) in [5.74, 6) is 1.63. The summed E-state index contributed by atoms with van der Waals surface area (Å²) in [4.78, 5) is 8.60. The highest BCUT2D eigenvalue weighted by molar-refractivity contribution is 5.60. The lowest BCUT2D eigenvalue weighted by molar-refractivity contribution is 1.01. The number of benzene rings is 1. The molecule has 0 radical (unpaired) electrons. The first-order chi connectivity index (χ1) is 7.65. The minimum absolute atomic E-state index is 0.788. The topological polar surface area (TPSA) is 37.8 Å². The van der Waals surface area contributed by atoms with Crippen molar-refractivity contribution in [2.75, 3.05) is 5.32 Å². The second-order valence-electron chi connectivity index (χ2n) is 3.88. The van der Waals surface area contributed by atoms with E-state index in [-0.39, 0.29) is 0 Å². The quantitative estimate of drug-likeness (QED) is 0.832. The van der Waals surface area contributed by atoms with E-state index in [1.807, 2.05) is 38.1 Å². The third kappa shape index (κ3) is 2.37. The molecule has 0 aliphatic carbocycles. The highest BCUT2D eigenvalue weighted by atomic mass is 15.0. The van der Waals surface area contributed by atoms with E-state index in [4.69, 9.17) is 0 Å². The SMILES string of the molecule is Cc1cc(Nc2ccccc2C)nc(C)n1. The van der Waals surface area contributed by atoms with Crippen molar-refractivity contribution in [1.82, 2.24) is 9.97 Å². The molecule has 0 atom stereocenters. The molecule has 2 rings (SSSR count). The molecule has 0 aliphatic heterocycles. The number of aryl methyl sites for hydroxylation is 3. The number of nitrogens with one attached hydrogen (secondary N) is 1. The number of nitrogens with zero attached hydrogens (tertiary/aromatic N) is 2. The maximum atomic E-state index is 4.35. The Kier molecular flexibility index (Phi) is 2.86. The van der Waals surface area contributed by atoms with E-state index in [0.29, 0.717) is 0 Å². The van der Waals surface area contributed by atoms with Crippen LogP contribution >= 0.6 is 0 Å². The number of hydrogen-bond donors (Lipinski definition) is 1. The van der Waals surface area contributed by atoms with Gasteiger partial charge in [0.15, 0.2) is 0 Å². The minimum Gasteiger partial charge on any atom is -0.340 e. The normalized spacial score (nSPS) is 10.2. The number of hydrogen-bond acceptors (Lipinski definition) is 3. The zero-order valence-corrected chi connectivity index (χ0v) is 9.78. The lowest BCUT2D eigenvalue weighted by atomic mass is 10.2. The van der Waals surface area contributed by atoms with E-state index in [2.05, 4.69) is 28.3 Å². The lowest BCUT2D eigenvalue weighted by Gasteiger charge is -2.09. The molecule has 0 saturated heterocycles. The molecule has 0 spiro atoms. The van der Waals surface area contributed by atoms with Crippen molar-refractivity contribution in [2.45, 2.75) is 20.8 Å². The van der Waals surface area contributed by atoms with Crippen LogP contribution in [0.2, 0.25) is 0 Å². The van der Waals surface area contributed by atoms with Crippen molar-refractivity contribution in [1.29, 1.82) is 0 Å². The summed E-state index contributed by atoms with van der Waals surface area (Å²) in [5, 5.41) is 3.30. The van der Waals surface area contributed by atoms with Crippen molar-refractivity contribution in [3.63, 3.8) is 0 Å². The molecule has 0 unspecified atom stereocenters. The van der Waals surface area contributed by atoms with Crippen LogP contribution in [0.3, 0.4) is 0 Å². The van der Waals surface area contributed by atoms with E-state index in [1.54, 1.807) is 0 Å². The molecule has 3 nitrogen and oxygen atoms in total. The fraction of sp³-hybridized carbons (Fsp3) is 0.231. The number of rotatable bonds is 2. The van der Waals surface area contributed by atoms with E-state index < -0.39 is 0 Å². The second-order valence-corrected chi connectivity index (χ2v) is 3.88. The lowest BCUT2D eigenvalue weighted by Crippen LogP contribution is -1.99. The van der Waals surface area contributed by atoms with Crippen molar-refractivity contribution in [2.24, 2.45) is 0 Å². The zero-order valence-electron chi connectivity index (χ0n) is 9.78. The first-order valence-electron chi connectivity index (χ1n) is 5.30. The van der Waals surface area contributed by atoms with Gasteiger partial charge in [0.1, 0.15) is 11.6 Å². The van der Waals surface area contributed by atoms with Crippen LogP contribution in [0.25, 0.3) is 0 Å². The van der Waals surface area contributed by atoms with Crippen molar-refractivity contribution in [3.8, 4) is 0 Å². The summed E-state index contributed by atoms with van der Waals surface area (Å²) < 4.78 is 0. The summed E-state index contributed by atoms with van der Waals surface area (Å²) in [6.07, 6.45) is 0. The first-order valence-corrected chi connectivity index (χ1v) is 5.30. The number of anilines is 2. The van der Waals surface area contributed by atoms with Gasteiger partial charge in [-0.15, -0.1) is 0 Å². The van der Waals surface area contributed by atoms with Gasteiger partial charge in [-0.1, -0.05) is 18.2 Å². The Bertz CT molecular complexity index is 486. The highest BCUT2D eigenvalue weighted by Gasteiger charge is 2.01. The molecule has 0 aliphatic rings. The summed E-state index contributed by atoms with van der Waals surface area (Å²) in [5.41, 5.74) is 3.26.